The second-order valence-electron chi connectivity index (χ2n) is 4.68. The lowest BCUT2D eigenvalue weighted by molar-refractivity contribution is 0.350. The molecule has 0 atom stereocenters. The van der Waals surface area contributed by atoms with Gasteiger partial charge in [0.25, 0.3) is 0 Å². The molecule has 0 unspecified atom stereocenters. The Balaban J connectivity index is 2.32. The number of rotatable bonds is 2. The summed E-state index contributed by atoms with van der Waals surface area (Å²) < 4.78 is 10.2. The Labute approximate surface area is 124 Å². The molecule has 1 aromatic heterocycles. The topological polar surface area (TPSA) is 100 Å². The lowest BCUT2D eigenvalue weighted by Crippen LogP contribution is -2.05. The number of aromatic hydroxyl groups is 3. The quantitative estimate of drug-likeness (QED) is 0.629. The highest BCUT2D eigenvalue weighted by atomic mass is 16.5. The zero-order valence-corrected chi connectivity index (χ0v) is 11.5. The minimum Gasteiger partial charge on any atom is -0.508 e. The van der Waals surface area contributed by atoms with E-state index in [1.165, 1.54) is 31.6 Å². The molecular weight excluding hydrogens is 288 g/mol. The molecule has 6 heteroatoms. The van der Waals surface area contributed by atoms with Crippen LogP contribution in [0.4, 0.5) is 0 Å². The van der Waals surface area contributed by atoms with Crippen molar-refractivity contribution in [1.82, 2.24) is 0 Å². The molecule has 0 aliphatic heterocycles. The molecule has 0 aliphatic carbocycles. The SMILES string of the molecule is COc1cc2c(=O)c(-c3ccc(O)cc3)coc2c(O)c1O. The summed E-state index contributed by atoms with van der Waals surface area (Å²) in [7, 11) is 1.31. The molecule has 112 valence electrons. The monoisotopic (exact) mass is 300 g/mol. The van der Waals surface area contributed by atoms with Gasteiger partial charge in [0.05, 0.1) is 18.1 Å². The van der Waals surface area contributed by atoms with E-state index in [1.807, 2.05) is 0 Å². The van der Waals surface area contributed by atoms with Crippen LogP contribution in [0.15, 0.2) is 45.8 Å². The molecule has 0 aliphatic rings. The first-order valence-corrected chi connectivity index (χ1v) is 6.36. The molecule has 3 N–H and O–H groups in total. The molecule has 0 radical (unpaired) electrons. The fraction of sp³-hybridized carbons (Fsp3) is 0.0625. The van der Waals surface area contributed by atoms with Crippen LogP contribution in [0.1, 0.15) is 0 Å². The van der Waals surface area contributed by atoms with E-state index in [-0.39, 0.29) is 33.5 Å². The molecule has 0 amide bonds. The number of hydrogen-bond donors (Lipinski definition) is 3. The Hall–Kier alpha value is -3.15. The molecule has 22 heavy (non-hydrogen) atoms. The van der Waals surface area contributed by atoms with Crippen molar-refractivity contribution in [3.8, 4) is 34.1 Å². The number of phenolic OH excluding ortho intramolecular Hbond substituents is 3. The van der Waals surface area contributed by atoms with Crippen LogP contribution in [-0.2, 0) is 0 Å². The van der Waals surface area contributed by atoms with Crippen LogP contribution in [0.5, 0.6) is 23.0 Å². The van der Waals surface area contributed by atoms with Crippen LogP contribution in [-0.4, -0.2) is 22.4 Å². The zero-order chi connectivity index (χ0) is 15.9. The summed E-state index contributed by atoms with van der Waals surface area (Å²) in [5.41, 5.74) is 0.311. The van der Waals surface area contributed by atoms with Crippen LogP contribution in [0.3, 0.4) is 0 Å². The molecule has 6 nitrogen and oxygen atoms in total. The summed E-state index contributed by atoms with van der Waals surface area (Å²) in [6.45, 7) is 0. The van der Waals surface area contributed by atoms with E-state index in [1.54, 1.807) is 12.1 Å². The summed E-state index contributed by atoms with van der Waals surface area (Å²) in [6, 6.07) is 7.36. The second kappa shape index (κ2) is 5.00. The van der Waals surface area contributed by atoms with Gasteiger partial charge in [-0.2, -0.15) is 0 Å². The van der Waals surface area contributed by atoms with E-state index < -0.39 is 11.5 Å². The van der Waals surface area contributed by atoms with E-state index in [9.17, 15) is 20.1 Å². The zero-order valence-electron chi connectivity index (χ0n) is 11.5. The van der Waals surface area contributed by atoms with Crippen LogP contribution in [0.2, 0.25) is 0 Å². The third kappa shape index (κ3) is 2.01. The van der Waals surface area contributed by atoms with Crippen molar-refractivity contribution in [1.29, 1.82) is 0 Å². The molecule has 3 aromatic rings. The fourth-order valence-electron chi connectivity index (χ4n) is 2.22. The normalized spacial score (nSPS) is 10.8. The van der Waals surface area contributed by atoms with Crippen LogP contribution >= 0.6 is 0 Å². The fourth-order valence-corrected chi connectivity index (χ4v) is 2.22. The van der Waals surface area contributed by atoms with Crippen LogP contribution in [0, 0.1) is 0 Å². The van der Waals surface area contributed by atoms with Crippen molar-refractivity contribution >= 4 is 11.0 Å². The minimum absolute atomic E-state index is 0.0276. The van der Waals surface area contributed by atoms with Crippen molar-refractivity contribution in [3.05, 3.63) is 46.8 Å². The third-order valence-electron chi connectivity index (χ3n) is 3.37. The average molecular weight is 300 g/mol. The molecule has 2 aromatic carbocycles. The summed E-state index contributed by atoms with van der Waals surface area (Å²) in [5, 5.41) is 29.0. The lowest BCUT2D eigenvalue weighted by atomic mass is 10.0. The average Bonchev–Trinajstić information content (AvgIpc) is 2.52. The number of benzene rings is 2. The predicted molar refractivity (Wildman–Crippen MR) is 79.5 cm³/mol. The molecule has 0 saturated carbocycles. The van der Waals surface area contributed by atoms with E-state index >= 15 is 0 Å². The number of phenols is 3. The van der Waals surface area contributed by atoms with Crippen molar-refractivity contribution in [3.63, 3.8) is 0 Å². The first-order chi connectivity index (χ1) is 10.5. The minimum atomic E-state index is -0.552. The van der Waals surface area contributed by atoms with Gasteiger partial charge in [0.2, 0.25) is 16.9 Å². The first-order valence-electron chi connectivity index (χ1n) is 6.36. The molecule has 0 bridgehead atoms. The van der Waals surface area contributed by atoms with Gasteiger partial charge in [-0.15, -0.1) is 0 Å². The van der Waals surface area contributed by atoms with Crippen molar-refractivity contribution in [2.24, 2.45) is 0 Å². The standard InChI is InChI=1S/C16H12O6/c1-21-12-6-10-13(18)11(8-2-4-9(17)5-3-8)7-22-16(10)15(20)14(12)19/h2-7,17,19-20H,1H3. The number of methoxy groups -OCH3 is 1. The Morgan fingerprint density at radius 2 is 1.73 bits per heavy atom. The summed E-state index contributed by atoms with van der Waals surface area (Å²) >= 11 is 0. The molecular formula is C16H12O6. The number of hydrogen-bond acceptors (Lipinski definition) is 6. The molecule has 0 spiro atoms. The third-order valence-corrected chi connectivity index (χ3v) is 3.37. The maximum atomic E-state index is 12.6. The molecule has 0 saturated heterocycles. The van der Waals surface area contributed by atoms with Gasteiger partial charge in [-0.25, -0.2) is 0 Å². The maximum Gasteiger partial charge on any atom is 0.205 e. The molecule has 0 fully saturated rings. The lowest BCUT2D eigenvalue weighted by Gasteiger charge is -2.08. The first kappa shape index (κ1) is 13.8. The second-order valence-corrected chi connectivity index (χ2v) is 4.68. The van der Waals surface area contributed by atoms with Gasteiger partial charge in [-0.1, -0.05) is 12.1 Å². The van der Waals surface area contributed by atoms with Gasteiger partial charge in [-0.3, -0.25) is 4.79 Å². The van der Waals surface area contributed by atoms with Crippen molar-refractivity contribution in [2.75, 3.05) is 7.11 Å². The Kier molecular flexibility index (Phi) is 3.14. The summed E-state index contributed by atoms with van der Waals surface area (Å²) in [6.07, 6.45) is 1.20. The van der Waals surface area contributed by atoms with Gasteiger partial charge in [0.15, 0.2) is 11.3 Å². The highest BCUT2D eigenvalue weighted by Crippen LogP contribution is 2.41. The van der Waals surface area contributed by atoms with Crippen molar-refractivity contribution in [2.45, 2.75) is 0 Å². The Morgan fingerprint density at radius 3 is 2.36 bits per heavy atom. The summed E-state index contributed by atoms with van der Waals surface area (Å²) in [4.78, 5) is 12.6. The largest absolute Gasteiger partial charge is 0.508 e. The van der Waals surface area contributed by atoms with E-state index in [2.05, 4.69) is 0 Å². The molecule has 3 rings (SSSR count). The summed E-state index contributed by atoms with van der Waals surface area (Å²) in [5.74, 6) is -0.988. The number of ether oxygens (including phenoxy) is 1. The predicted octanol–water partition coefficient (Wildman–Crippen LogP) is 2.59. The van der Waals surface area contributed by atoms with Gasteiger partial charge in [0.1, 0.15) is 12.0 Å². The maximum absolute atomic E-state index is 12.6. The van der Waals surface area contributed by atoms with E-state index in [4.69, 9.17) is 9.15 Å². The van der Waals surface area contributed by atoms with Crippen LogP contribution < -0.4 is 10.2 Å². The van der Waals surface area contributed by atoms with Crippen molar-refractivity contribution < 1.29 is 24.5 Å². The van der Waals surface area contributed by atoms with Gasteiger partial charge in [-0.05, 0) is 23.8 Å². The highest BCUT2D eigenvalue weighted by Gasteiger charge is 2.18. The van der Waals surface area contributed by atoms with E-state index in [0.717, 1.165) is 0 Å². The van der Waals surface area contributed by atoms with Gasteiger partial charge in [0, 0.05) is 0 Å². The smallest absolute Gasteiger partial charge is 0.205 e. The Bertz CT molecular complexity index is 909. The number of fused-ring (bicyclic) bond motifs is 1. The highest BCUT2D eigenvalue weighted by molar-refractivity contribution is 5.90. The van der Waals surface area contributed by atoms with Gasteiger partial charge < -0.3 is 24.5 Å². The van der Waals surface area contributed by atoms with E-state index in [0.29, 0.717) is 5.56 Å². The Morgan fingerprint density at radius 1 is 1.05 bits per heavy atom. The van der Waals surface area contributed by atoms with Gasteiger partial charge >= 0.3 is 0 Å². The molecule has 1 heterocycles. The van der Waals surface area contributed by atoms with Crippen LogP contribution in [0.25, 0.3) is 22.1 Å².